The van der Waals surface area contributed by atoms with Crippen molar-refractivity contribution in [1.29, 1.82) is 0 Å². The summed E-state index contributed by atoms with van der Waals surface area (Å²) in [5, 5.41) is 20.6. The smallest absolute Gasteiger partial charge is 0.336 e. The normalized spacial score (nSPS) is 11.4. The average Bonchev–Trinajstić information content (AvgIpc) is 3.20. The second-order valence-corrected chi connectivity index (χ2v) is 8.87. The second kappa shape index (κ2) is 10.3. The molecule has 0 aliphatic heterocycles. The fourth-order valence-electron chi connectivity index (χ4n) is 3.71. The van der Waals surface area contributed by atoms with Crippen LogP contribution in [-0.4, -0.2) is 19.9 Å². The van der Waals surface area contributed by atoms with E-state index in [0.717, 1.165) is 28.9 Å². The molecular weight excluding hydrogens is 462 g/mol. The van der Waals surface area contributed by atoms with Crippen LogP contribution in [0.1, 0.15) is 44.1 Å². The first kappa shape index (κ1) is 23.2. The number of fused-ring (bicyclic) bond motifs is 1. The Labute approximate surface area is 200 Å². The van der Waals surface area contributed by atoms with Crippen LogP contribution in [0.25, 0.3) is 11.0 Å². The van der Waals surface area contributed by atoms with Gasteiger partial charge in [-0.15, -0.1) is 10.2 Å². The Hall–Kier alpha value is -2.97. The molecule has 2 heterocycles. The van der Waals surface area contributed by atoms with E-state index in [1.54, 1.807) is 18.2 Å². The van der Waals surface area contributed by atoms with Gasteiger partial charge in [0.25, 0.3) is 0 Å². The Morgan fingerprint density at radius 3 is 2.70 bits per heavy atom. The van der Waals surface area contributed by atoms with Crippen molar-refractivity contribution in [2.24, 2.45) is 0 Å². The highest BCUT2D eigenvalue weighted by atomic mass is 35.5. The molecule has 0 spiro atoms. The van der Waals surface area contributed by atoms with Gasteiger partial charge in [-0.2, -0.15) is 0 Å². The molecule has 33 heavy (non-hydrogen) atoms. The number of nitrogens with zero attached hydrogens (tertiary/aromatic N) is 3. The number of para-hydroxylation sites is 1. The molecule has 0 saturated carbocycles. The third kappa shape index (κ3) is 5.17. The number of hydrogen-bond donors (Lipinski definition) is 1. The van der Waals surface area contributed by atoms with Gasteiger partial charge in [0.1, 0.15) is 23.7 Å². The molecule has 0 unspecified atom stereocenters. The minimum absolute atomic E-state index is 0.0482. The largest absolute Gasteiger partial charge is 0.508 e. The summed E-state index contributed by atoms with van der Waals surface area (Å²) in [5.74, 6) is 1.86. The molecule has 0 aliphatic carbocycles. The van der Waals surface area contributed by atoms with E-state index in [-0.39, 0.29) is 18.4 Å². The number of phenols is 1. The first-order chi connectivity index (χ1) is 16.0. The number of rotatable bonds is 9. The number of halogens is 1. The minimum Gasteiger partial charge on any atom is -0.508 e. The summed E-state index contributed by atoms with van der Waals surface area (Å²) in [6, 6.07) is 13.8. The van der Waals surface area contributed by atoms with Gasteiger partial charge in [-0.05, 0) is 42.7 Å². The Bertz CT molecular complexity index is 1320. The van der Waals surface area contributed by atoms with Crippen LogP contribution in [0.2, 0.25) is 5.02 Å². The molecule has 9 heteroatoms. The van der Waals surface area contributed by atoms with Crippen LogP contribution >= 0.6 is 23.4 Å². The van der Waals surface area contributed by atoms with Gasteiger partial charge in [-0.25, -0.2) is 4.79 Å². The summed E-state index contributed by atoms with van der Waals surface area (Å²) >= 11 is 7.72. The van der Waals surface area contributed by atoms with Crippen molar-refractivity contribution in [3.8, 4) is 11.5 Å². The SMILES string of the molecule is CCC(CC)n1c(COc2ccccc2Cl)nnc1SCc1cc(=O)oc2cc(O)ccc12. The zero-order valence-corrected chi connectivity index (χ0v) is 19.9. The molecule has 0 fully saturated rings. The molecule has 4 aromatic rings. The Morgan fingerprint density at radius 1 is 1.15 bits per heavy atom. The summed E-state index contributed by atoms with van der Waals surface area (Å²) in [5.41, 5.74) is 0.701. The lowest BCUT2D eigenvalue weighted by Gasteiger charge is -2.19. The fraction of sp³-hybridized carbons (Fsp3) is 0.292. The minimum atomic E-state index is -0.459. The third-order valence-corrected chi connectivity index (χ3v) is 6.71. The Balaban J connectivity index is 1.61. The third-order valence-electron chi connectivity index (χ3n) is 5.41. The second-order valence-electron chi connectivity index (χ2n) is 7.52. The molecule has 0 saturated heterocycles. The molecule has 1 N–H and O–H groups in total. The van der Waals surface area contributed by atoms with Gasteiger partial charge in [0, 0.05) is 29.3 Å². The maximum Gasteiger partial charge on any atom is 0.336 e. The van der Waals surface area contributed by atoms with Gasteiger partial charge < -0.3 is 18.8 Å². The van der Waals surface area contributed by atoms with Crippen molar-refractivity contribution in [2.45, 2.75) is 50.2 Å². The molecule has 0 atom stereocenters. The van der Waals surface area contributed by atoms with Gasteiger partial charge in [0.05, 0.1) is 5.02 Å². The highest BCUT2D eigenvalue weighted by Gasteiger charge is 2.20. The number of hydrogen-bond acceptors (Lipinski definition) is 7. The van der Waals surface area contributed by atoms with Crippen molar-refractivity contribution in [2.75, 3.05) is 0 Å². The van der Waals surface area contributed by atoms with Crippen LogP contribution in [0.4, 0.5) is 0 Å². The van der Waals surface area contributed by atoms with Crippen LogP contribution in [0.15, 0.2) is 62.9 Å². The van der Waals surface area contributed by atoms with E-state index in [4.69, 9.17) is 20.8 Å². The van der Waals surface area contributed by atoms with Crippen molar-refractivity contribution in [1.82, 2.24) is 14.8 Å². The first-order valence-corrected chi connectivity index (χ1v) is 12.1. The molecule has 2 aromatic carbocycles. The standard InChI is InChI=1S/C24H24ClN3O4S/c1-3-16(4-2)28-22(13-31-20-8-6-5-7-19(20)25)26-27-24(28)33-14-15-11-23(30)32-21-12-17(29)9-10-18(15)21/h5-12,16,29H,3-4,13-14H2,1-2H3. The van der Waals surface area contributed by atoms with E-state index in [1.165, 1.54) is 23.9 Å². The molecular formula is C24H24ClN3O4S. The lowest BCUT2D eigenvalue weighted by molar-refractivity contribution is 0.278. The van der Waals surface area contributed by atoms with Crippen LogP contribution in [0.5, 0.6) is 11.5 Å². The summed E-state index contributed by atoms with van der Waals surface area (Å²) in [4.78, 5) is 12.0. The number of ether oxygens (including phenoxy) is 1. The molecule has 4 rings (SSSR count). The summed E-state index contributed by atoms with van der Waals surface area (Å²) in [6.45, 7) is 4.50. The molecule has 0 radical (unpaired) electrons. The van der Waals surface area contributed by atoms with Crippen LogP contribution in [-0.2, 0) is 12.4 Å². The van der Waals surface area contributed by atoms with Gasteiger partial charge in [0.2, 0.25) is 0 Å². The predicted octanol–water partition coefficient (Wildman–Crippen LogP) is 5.98. The Morgan fingerprint density at radius 2 is 1.94 bits per heavy atom. The number of phenolic OH excluding ortho intramolecular Hbond substituents is 1. The molecule has 0 amide bonds. The highest BCUT2D eigenvalue weighted by molar-refractivity contribution is 7.98. The van der Waals surface area contributed by atoms with Gasteiger partial charge in [0.15, 0.2) is 11.0 Å². The average molecular weight is 486 g/mol. The summed E-state index contributed by atoms with van der Waals surface area (Å²) in [6.07, 6.45) is 1.83. The lowest BCUT2D eigenvalue weighted by Crippen LogP contribution is -2.14. The maximum absolute atomic E-state index is 12.0. The number of aromatic hydroxyl groups is 1. The maximum atomic E-state index is 12.0. The monoisotopic (exact) mass is 485 g/mol. The molecule has 0 bridgehead atoms. The molecule has 2 aromatic heterocycles. The molecule has 0 aliphatic rings. The van der Waals surface area contributed by atoms with E-state index in [0.29, 0.717) is 27.9 Å². The number of benzene rings is 2. The van der Waals surface area contributed by atoms with E-state index in [9.17, 15) is 9.90 Å². The van der Waals surface area contributed by atoms with Crippen molar-refractivity contribution < 1.29 is 14.3 Å². The van der Waals surface area contributed by atoms with Crippen LogP contribution < -0.4 is 10.4 Å². The van der Waals surface area contributed by atoms with E-state index < -0.39 is 5.63 Å². The van der Waals surface area contributed by atoms with Crippen molar-refractivity contribution >= 4 is 34.3 Å². The fourth-order valence-corrected chi connectivity index (χ4v) is 4.92. The molecule has 7 nitrogen and oxygen atoms in total. The number of aromatic nitrogens is 3. The zero-order valence-electron chi connectivity index (χ0n) is 18.3. The van der Waals surface area contributed by atoms with E-state index in [2.05, 4.69) is 28.6 Å². The summed E-state index contributed by atoms with van der Waals surface area (Å²) in [7, 11) is 0. The van der Waals surface area contributed by atoms with Crippen molar-refractivity contribution in [3.63, 3.8) is 0 Å². The van der Waals surface area contributed by atoms with Crippen LogP contribution in [0, 0.1) is 0 Å². The Kier molecular flexibility index (Phi) is 7.25. The highest BCUT2D eigenvalue weighted by Crippen LogP contribution is 2.31. The topological polar surface area (TPSA) is 90.4 Å². The number of thioether (sulfide) groups is 1. The van der Waals surface area contributed by atoms with Crippen LogP contribution in [0.3, 0.4) is 0 Å². The van der Waals surface area contributed by atoms with Gasteiger partial charge in [-0.3, -0.25) is 0 Å². The van der Waals surface area contributed by atoms with Gasteiger partial charge >= 0.3 is 5.63 Å². The van der Waals surface area contributed by atoms with Crippen molar-refractivity contribution in [3.05, 3.63) is 75.4 Å². The quantitative estimate of drug-likeness (QED) is 0.230. The summed E-state index contributed by atoms with van der Waals surface area (Å²) < 4.78 is 13.3. The van der Waals surface area contributed by atoms with Gasteiger partial charge in [-0.1, -0.05) is 49.3 Å². The first-order valence-electron chi connectivity index (χ1n) is 10.7. The predicted molar refractivity (Wildman–Crippen MR) is 129 cm³/mol. The van der Waals surface area contributed by atoms with E-state index >= 15 is 0 Å². The molecule has 172 valence electrons. The zero-order chi connectivity index (χ0) is 23.4. The van der Waals surface area contributed by atoms with E-state index in [1.807, 2.05) is 18.2 Å². The lowest BCUT2D eigenvalue weighted by atomic mass is 10.1.